The molecule has 3 nitrogen and oxygen atoms in total. The van der Waals surface area contributed by atoms with Crippen LogP contribution in [-0.2, 0) is 6.42 Å². The molecule has 104 valence electrons. The lowest BCUT2D eigenvalue weighted by atomic mass is 10.2. The average molecular weight is 267 g/mol. The molecule has 2 N–H and O–H groups in total. The zero-order chi connectivity index (χ0) is 14.0. The summed E-state index contributed by atoms with van der Waals surface area (Å²) >= 11 is 0. The van der Waals surface area contributed by atoms with Crippen LogP contribution in [0.15, 0.2) is 12.1 Å². The summed E-state index contributed by atoms with van der Waals surface area (Å²) in [6, 6.07) is 2.38. The van der Waals surface area contributed by atoms with Crippen LogP contribution in [0.5, 0.6) is 0 Å². The van der Waals surface area contributed by atoms with Crippen molar-refractivity contribution < 1.29 is 8.78 Å². The van der Waals surface area contributed by atoms with Gasteiger partial charge in [-0.1, -0.05) is 13.3 Å². The van der Waals surface area contributed by atoms with E-state index in [2.05, 4.69) is 11.9 Å². The van der Waals surface area contributed by atoms with Crippen LogP contribution in [-0.4, -0.2) is 16.1 Å². The van der Waals surface area contributed by atoms with Crippen LogP contribution in [0.1, 0.15) is 38.6 Å². The van der Waals surface area contributed by atoms with Gasteiger partial charge in [-0.2, -0.15) is 0 Å². The standard InChI is InChI=1S/C14H19F2N3/c1-3-4-5-14-18-12-6-10(15)11(16)7-13(12)19(14)9(2)8-17/h6-7,9H,3-5,8,17H2,1-2H3. The van der Waals surface area contributed by atoms with Gasteiger partial charge in [0.15, 0.2) is 11.6 Å². The van der Waals surface area contributed by atoms with Gasteiger partial charge in [0.2, 0.25) is 0 Å². The van der Waals surface area contributed by atoms with Crippen LogP contribution in [0.3, 0.4) is 0 Å². The van der Waals surface area contributed by atoms with Crippen molar-refractivity contribution in [2.75, 3.05) is 6.54 Å². The van der Waals surface area contributed by atoms with Crippen LogP contribution in [0, 0.1) is 11.6 Å². The van der Waals surface area contributed by atoms with E-state index >= 15 is 0 Å². The Balaban J connectivity index is 2.59. The monoisotopic (exact) mass is 267 g/mol. The molecule has 19 heavy (non-hydrogen) atoms. The normalized spacial score (nSPS) is 13.1. The Morgan fingerprint density at radius 2 is 2.00 bits per heavy atom. The molecule has 1 heterocycles. The van der Waals surface area contributed by atoms with E-state index in [-0.39, 0.29) is 6.04 Å². The molecule has 1 aromatic heterocycles. The molecule has 0 aliphatic carbocycles. The molecule has 1 aromatic carbocycles. The Morgan fingerprint density at radius 3 is 2.63 bits per heavy atom. The van der Waals surface area contributed by atoms with Gasteiger partial charge in [-0.25, -0.2) is 13.8 Å². The quantitative estimate of drug-likeness (QED) is 0.904. The highest BCUT2D eigenvalue weighted by atomic mass is 19.2. The first-order valence-corrected chi connectivity index (χ1v) is 6.64. The van der Waals surface area contributed by atoms with Crippen LogP contribution in [0.4, 0.5) is 8.78 Å². The third kappa shape index (κ3) is 2.61. The Bertz CT molecular complexity index is 578. The lowest BCUT2D eigenvalue weighted by molar-refractivity contribution is 0.508. The Labute approximate surface area is 111 Å². The molecule has 2 rings (SSSR count). The van der Waals surface area contributed by atoms with Crippen molar-refractivity contribution >= 4 is 11.0 Å². The van der Waals surface area contributed by atoms with Crippen molar-refractivity contribution in [1.82, 2.24) is 9.55 Å². The number of fused-ring (bicyclic) bond motifs is 1. The zero-order valence-corrected chi connectivity index (χ0v) is 11.3. The van der Waals surface area contributed by atoms with E-state index in [9.17, 15) is 8.78 Å². The van der Waals surface area contributed by atoms with Crippen LogP contribution < -0.4 is 5.73 Å². The first kappa shape index (κ1) is 13.9. The summed E-state index contributed by atoms with van der Waals surface area (Å²) < 4.78 is 28.6. The lowest BCUT2D eigenvalue weighted by Gasteiger charge is -2.15. The summed E-state index contributed by atoms with van der Waals surface area (Å²) in [5.41, 5.74) is 6.81. The van der Waals surface area contributed by atoms with Gasteiger partial charge in [-0.3, -0.25) is 0 Å². The molecule has 5 heteroatoms. The van der Waals surface area contributed by atoms with Gasteiger partial charge in [0.1, 0.15) is 5.82 Å². The molecule has 0 saturated carbocycles. The Morgan fingerprint density at radius 1 is 1.32 bits per heavy atom. The summed E-state index contributed by atoms with van der Waals surface area (Å²) in [6.07, 6.45) is 2.83. The van der Waals surface area contributed by atoms with Crippen LogP contribution in [0.25, 0.3) is 11.0 Å². The number of rotatable bonds is 5. The molecular weight excluding hydrogens is 248 g/mol. The Kier molecular flexibility index (Phi) is 4.14. The van der Waals surface area contributed by atoms with Gasteiger partial charge < -0.3 is 10.3 Å². The maximum absolute atomic E-state index is 13.4. The van der Waals surface area contributed by atoms with Gasteiger partial charge >= 0.3 is 0 Å². The molecule has 0 spiro atoms. The van der Waals surface area contributed by atoms with Gasteiger partial charge in [0, 0.05) is 31.1 Å². The number of nitrogens with zero attached hydrogens (tertiary/aromatic N) is 2. The Hall–Kier alpha value is -1.49. The highest BCUT2D eigenvalue weighted by Gasteiger charge is 2.17. The number of hydrogen-bond donors (Lipinski definition) is 1. The second-order valence-electron chi connectivity index (χ2n) is 4.84. The van der Waals surface area contributed by atoms with Gasteiger partial charge in [-0.05, 0) is 13.3 Å². The number of halogens is 2. The predicted octanol–water partition coefficient (Wildman–Crippen LogP) is 3.18. The average Bonchev–Trinajstić information content (AvgIpc) is 2.73. The molecule has 0 bridgehead atoms. The topological polar surface area (TPSA) is 43.8 Å². The number of unbranched alkanes of at least 4 members (excludes halogenated alkanes) is 1. The van der Waals surface area contributed by atoms with Crippen molar-refractivity contribution in [2.24, 2.45) is 5.73 Å². The molecule has 1 atom stereocenters. The fourth-order valence-electron chi connectivity index (χ4n) is 2.25. The molecule has 2 aromatic rings. The molecular formula is C14H19F2N3. The summed E-state index contributed by atoms with van der Waals surface area (Å²) in [7, 11) is 0. The third-order valence-corrected chi connectivity index (χ3v) is 3.34. The maximum Gasteiger partial charge on any atom is 0.161 e. The number of benzene rings is 1. The molecule has 0 aliphatic rings. The summed E-state index contributed by atoms with van der Waals surface area (Å²) in [5, 5.41) is 0. The highest BCUT2D eigenvalue weighted by Crippen LogP contribution is 2.24. The smallest absolute Gasteiger partial charge is 0.161 e. The van der Waals surface area contributed by atoms with E-state index in [1.165, 1.54) is 6.07 Å². The molecule has 0 saturated heterocycles. The largest absolute Gasteiger partial charge is 0.328 e. The summed E-state index contributed by atoms with van der Waals surface area (Å²) in [6.45, 7) is 4.49. The zero-order valence-electron chi connectivity index (χ0n) is 11.3. The van der Waals surface area contributed by atoms with Crippen molar-refractivity contribution in [3.8, 4) is 0 Å². The second kappa shape index (κ2) is 5.65. The number of aryl methyl sites for hydroxylation is 1. The van der Waals surface area contributed by atoms with Gasteiger partial charge in [0.25, 0.3) is 0 Å². The summed E-state index contributed by atoms with van der Waals surface area (Å²) in [4.78, 5) is 4.42. The summed E-state index contributed by atoms with van der Waals surface area (Å²) in [5.74, 6) is -0.862. The highest BCUT2D eigenvalue weighted by molar-refractivity contribution is 5.76. The van der Waals surface area contributed by atoms with Gasteiger partial charge in [-0.15, -0.1) is 0 Å². The maximum atomic E-state index is 13.4. The van der Waals surface area contributed by atoms with Crippen molar-refractivity contribution in [3.63, 3.8) is 0 Å². The SMILES string of the molecule is CCCCc1nc2cc(F)c(F)cc2n1C(C)CN. The van der Waals surface area contributed by atoms with Crippen LogP contribution >= 0.6 is 0 Å². The number of imidazole rings is 1. The molecule has 0 fully saturated rings. The first-order valence-electron chi connectivity index (χ1n) is 6.64. The minimum absolute atomic E-state index is 0.0155. The van der Waals surface area contributed by atoms with Crippen molar-refractivity contribution in [1.29, 1.82) is 0 Å². The van der Waals surface area contributed by atoms with Gasteiger partial charge in [0.05, 0.1) is 11.0 Å². The predicted molar refractivity (Wildman–Crippen MR) is 72.0 cm³/mol. The van der Waals surface area contributed by atoms with Crippen molar-refractivity contribution in [2.45, 2.75) is 39.2 Å². The van der Waals surface area contributed by atoms with E-state index in [1.54, 1.807) is 0 Å². The first-order chi connectivity index (χ1) is 9.08. The number of nitrogens with two attached hydrogens (primary N) is 1. The number of hydrogen-bond acceptors (Lipinski definition) is 2. The second-order valence-corrected chi connectivity index (χ2v) is 4.84. The fraction of sp³-hybridized carbons (Fsp3) is 0.500. The molecule has 1 unspecified atom stereocenters. The minimum Gasteiger partial charge on any atom is -0.328 e. The molecule has 0 amide bonds. The molecule has 0 aliphatic heterocycles. The van der Waals surface area contributed by atoms with E-state index in [0.717, 1.165) is 31.2 Å². The van der Waals surface area contributed by atoms with E-state index in [4.69, 9.17) is 5.73 Å². The van der Waals surface area contributed by atoms with E-state index in [1.807, 2.05) is 11.5 Å². The number of aromatic nitrogens is 2. The third-order valence-electron chi connectivity index (χ3n) is 3.34. The van der Waals surface area contributed by atoms with E-state index in [0.29, 0.717) is 17.6 Å². The minimum atomic E-state index is -0.861. The van der Waals surface area contributed by atoms with Crippen LogP contribution in [0.2, 0.25) is 0 Å². The fourth-order valence-corrected chi connectivity index (χ4v) is 2.25. The van der Waals surface area contributed by atoms with Crippen molar-refractivity contribution in [3.05, 3.63) is 29.6 Å². The van der Waals surface area contributed by atoms with E-state index < -0.39 is 11.6 Å². The lowest BCUT2D eigenvalue weighted by Crippen LogP contribution is -2.18. The molecule has 0 radical (unpaired) electrons.